The maximum atomic E-state index is 12.2. The van der Waals surface area contributed by atoms with Gasteiger partial charge in [-0.15, -0.1) is 0 Å². The molecule has 0 amide bonds. The Morgan fingerprint density at radius 3 is 1.86 bits per heavy atom. The molecule has 142 valence electrons. The van der Waals surface area contributed by atoms with Crippen LogP contribution < -0.4 is 14.2 Å². The number of aromatic hydroxyl groups is 1. The van der Waals surface area contributed by atoms with Crippen molar-refractivity contribution in [3.8, 4) is 23.0 Å². The highest BCUT2D eigenvalue weighted by Crippen LogP contribution is 2.25. The quantitative estimate of drug-likeness (QED) is 0.531. The lowest BCUT2D eigenvalue weighted by Gasteiger charge is -2.10. The zero-order valence-electron chi connectivity index (χ0n) is 15.3. The van der Waals surface area contributed by atoms with Crippen molar-refractivity contribution in [3.05, 3.63) is 83.4 Å². The van der Waals surface area contributed by atoms with Crippen molar-refractivity contribution in [1.82, 2.24) is 0 Å². The number of carbonyl (C=O) groups is 2. The zero-order chi connectivity index (χ0) is 20.1. The van der Waals surface area contributed by atoms with Crippen molar-refractivity contribution in [3.63, 3.8) is 0 Å². The Morgan fingerprint density at radius 1 is 0.750 bits per heavy atom. The summed E-state index contributed by atoms with van der Waals surface area (Å²) in [4.78, 5) is 24.4. The van der Waals surface area contributed by atoms with Crippen molar-refractivity contribution >= 4 is 11.9 Å². The van der Waals surface area contributed by atoms with Crippen LogP contribution in [0.4, 0.5) is 0 Å². The molecule has 6 nitrogen and oxygen atoms in total. The highest BCUT2D eigenvalue weighted by Gasteiger charge is 2.13. The zero-order valence-corrected chi connectivity index (χ0v) is 15.3. The van der Waals surface area contributed by atoms with Crippen LogP contribution in [0.25, 0.3) is 0 Å². The van der Waals surface area contributed by atoms with Crippen molar-refractivity contribution in [2.45, 2.75) is 6.92 Å². The molecular formula is C22H18O6. The smallest absolute Gasteiger partial charge is 0.343 e. The molecule has 0 aliphatic heterocycles. The van der Waals surface area contributed by atoms with Crippen LogP contribution in [0, 0.1) is 6.92 Å². The van der Waals surface area contributed by atoms with Crippen LogP contribution in [0.1, 0.15) is 26.3 Å². The maximum absolute atomic E-state index is 12.2. The third-order valence-electron chi connectivity index (χ3n) is 3.99. The summed E-state index contributed by atoms with van der Waals surface area (Å²) in [6, 6.07) is 17.1. The molecule has 0 saturated carbocycles. The number of phenolic OH excluding ortho intramolecular Hbond substituents is 1. The molecule has 1 N–H and O–H groups in total. The van der Waals surface area contributed by atoms with Crippen molar-refractivity contribution in [2.75, 3.05) is 7.11 Å². The molecule has 6 heteroatoms. The van der Waals surface area contributed by atoms with Gasteiger partial charge in [-0.25, -0.2) is 9.59 Å². The summed E-state index contributed by atoms with van der Waals surface area (Å²) in [5.41, 5.74) is 1.33. The molecule has 0 atom stereocenters. The van der Waals surface area contributed by atoms with Gasteiger partial charge in [0.15, 0.2) is 0 Å². The summed E-state index contributed by atoms with van der Waals surface area (Å²) in [6.45, 7) is 1.74. The lowest BCUT2D eigenvalue weighted by molar-refractivity contribution is 0.0718. The number of hydrogen-bond acceptors (Lipinski definition) is 6. The first kappa shape index (κ1) is 19.0. The SMILES string of the molecule is COc1ccc(C(=O)Oc2ccc(OC(=O)c3ccc(O)cc3)c(C)c2)cc1. The predicted octanol–water partition coefficient (Wildman–Crippen LogP) is 4.15. The van der Waals surface area contributed by atoms with Crippen LogP contribution in [-0.2, 0) is 0 Å². The van der Waals surface area contributed by atoms with Gasteiger partial charge in [-0.2, -0.15) is 0 Å². The Hall–Kier alpha value is -3.80. The second kappa shape index (κ2) is 8.26. The molecule has 3 aromatic carbocycles. The van der Waals surface area contributed by atoms with Gasteiger partial charge < -0.3 is 19.3 Å². The number of methoxy groups -OCH3 is 1. The van der Waals surface area contributed by atoms with E-state index in [4.69, 9.17) is 14.2 Å². The number of hydrogen-bond donors (Lipinski definition) is 1. The Kier molecular flexibility index (Phi) is 5.60. The Balaban J connectivity index is 1.68. The van der Waals surface area contributed by atoms with E-state index in [1.54, 1.807) is 56.5 Å². The molecule has 28 heavy (non-hydrogen) atoms. The summed E-state index contributed by atoms with van der Waals surface area (Å²) >= 11 is 0. The minimum atomic E-state index is -0.550. The lowest BCUT2D eigenvalue weighted by atomic mass is 10.2. The monoisotopic (exact) mass is 378 g/mol. The number of rotatable bonds is 5. The molecule has 0 radical (unpaired) electrons. The number of ether oxygens (including phenoxy) is 3. The van der Waals surface area contributed by atoms with E-state index in [9.17, 15) is 14.7 Å². The van der Waals surface area contributed by atoms with Gasteiger partial charge in [0.2, 0.25) is 0 Å². The number of esters is 2. The van der Waals surface area contributed by atoms with Gasteiger partial charge in [0, 0.05) is 0 Å². The largest absolute Gasteiger partial charge is 0.508 e. The van der Waals surface area contributed by atoms with Crippen molar-refractivity contribution in [1.29, 1.82) is 0 Å². The van der Waals surface area contributed by atoms with E-state index in [-0.39, 0.29) is 5.75 Å². The van der Waals surface area contributed by atoms with Crippen LogP contribution in [0.3, 0.4) is 0 Å². The molecule has 3 aromatic rings. The minimum Gasteiger partial charge on any atom is -0.508 e. The summed E-state index contributed by atoms with van der Waals surface area (Å²) in [7, 11) is 1.55. The fourth-order valence-corrected chi connectivity index (χ4v) is 2.45. The summed E-state index contributed by atoms with van der Waals surface area (Å²) in [5.74, 6) is 0.343. The topological polar surface area (TPSA) is 82.1 Å². The first-order valence-corrected chi connectivity index (χ1v) is 8.44. The van der Waals surface area contributed by atoms with Gasteiger partial charge in [0.25, 0.3) is 0 Å². The number of aryl methyl sites for hydroxylation is 1. The van der Waals surface area contributed by atoms with Crippen molar-refractivity contribution < 1.29 is 28.9 Å². The van der Waals surface area contributed by atoms with Gasteiger partial charge >= 0.3 is 11.9 Å². The molecule has 0 aliphatic rings. The molecule has 3 rings (SSSR count). The van der Waals surface area contributed by atoms with Crippen LogP contribution in [-0.4, -0.2) is 24.2 Å². The molecule has 0 unspecified atom stereocenters. The average molecular weight is 378 g/mol. The maximum Gasteiger partial charge on any atom is 0.343 e. The molecule has 0 spiro atoms. The minimum absolute atomic E-state index is 0.0655. The normalized spacial score (nSPS) is 10.2. The van der Waals surface area contributed by atoms with Crippen LogP contribution in [0.5, 0.6) is 23.0 Å². The molecule has 0 heterocycles. The van der Waals surface area contributed by atoms with Crippen molar-refractivity contribution in [2.24, 2.45) is 0 Å². The third-order valence-corrected chi connectivity index (χ3v) is 3.99. The van der Waals surface area contributed by atoms with E-state index in [0.717, 1.165) is 0 Å². The second-order valence-electron chi connectivity index (χ2n) is 5.98. The predicted molar refractivity (Wildman–Crippen MR) is 102 cm³/mol. The van der Waals surface area contributed by atoms with Gasteiger partial charge in [0.05, 0.1) is 18.2 Å². The lowest BCUT2D eigenvalue weighted by Crippen LogP contribution is -2.10. The first-order valence-electron chi connectivity index (χ1n) is 8.44. The fourth-order valence-electron chi connectivity index (χ4n) is 2.45. The van der Waals surface area contributed by atoms with E-state index < -0.39 is 11.9 Å². The van der Waals surface area contributed by atoms with E-state index in [2.05, 4.69) is 0 Å². The van der Waals surface area contributed by atoms with Gasteiger partial charge in [-0.3, -0.25) is 0 Å². The molecule has 0 aromatic heterocycles. The Morgan fingerprint density at radius 2 is 1.29 bits per heavy atom. The van der Waals surface area contributed by atoms with E-state index in [1.165, 1.54) is 24.3 Å². The Labute approximate surface area is 161 Å². The molecular weight excluding hydrogens is 360 g/mol. The van der Waals surface area contributed by atoms with Gasteiger partial charge in [-0.1, -0.05) is 0 Å². The molecule has 0 fully saturated rings. The first-order chi connectivity index (χ1) is 13.5. The highest BCUT2D eigenvalue weighted by molar-refractivity contribution is 5.92. The average Bonchev–Trinajstić information content (AvgIpc) is 2.70. The highest BCUT2D eigenvalue weighted by atomic mass is 16.5. The third kappa shape index (κ3) is 4.48. The number of carbonyl (C=O) groups excluding carboxylic acids is 2. The number of phenols is 1. The summed E-state index contributed by atoms with van der Waals surface area (Å²) in [6.07, 6.45) is 0. The summed E-state index contributed by atoms with van der Waals surface area (Å²) in [5, 5.41) is 9.28. The molecule has 0 saturated heterocycles. The van der Waals surface area contributed by atoms with Gasteiger partial charge in [0.1, 0.15) is 23.0 Å². The number of benzene rings is 3. The van der Waals surface area contributed by atoms with Crippen LogP contribution in [0.15, 0.2) is 66.7 Å². The van der Waals surface area contributed by atoms with Crippen LogP contribution in [0.2, 0.25) is 0 Å². The van der Waals surface area contributed by atoms with E-state index in [0.29, 0.717) is 33.9 Å². The Bertz CT molecular complexity index is 991. The van der Waals surface area contributed by atoms with Gasteiger partial charge in [-0.05, 0) is 79.2 Å². The van der Waals surface area contributed by atoms with E-state index in [1.807, 2.05) is 0 Å². The van der Waals surface area contributed by atoms with E-state index >= 15 is 0 Å². The van der Waals surface area contributed by atoms with Crippen LogP contribution >= 0.6 is 0 Å². The fraction of sp³-hybridized carbons (Fsp3) is 0.0909. The molecule has 0 bridgehead atoms. The second-order valence-corrected chi connectivity index (χ2v) is 5.98. The standard InChI is InChI=1S/C22H18O6/c1-14-13-19(27-21(24)16-5-9-18(26-2)10-6-16)11-12-20(14)28-22(25)15-3-7-17(23)8-4-15/h3-13,23H,1-2H3. The molecule has 0 aliphatic carbocycles. The summed E-state index contributed by atoms with van der Waals surface area (Å²) < 4.78 is 15.8.